The van der Waals surface area contributed by atoms with Crippen molar-refractivity contribution in [2.75, 3.05) is 38.5 Å². The maximum absolute atomic E-state index is 12.6. The standard InChI is InChI=1S/C23H37F3N4O4S.H2/c1-16-14-30(12-7-19(16)27-22(31)20-13-21(34-28-20)18-3-4-18)35(32,33)15-17-5-10-29(11-6-17)9-2-8-23(24,25)26;/h13,16-19,32-33H,2-12,14-15H2,1H3,(H,27,31);1H/t16-,19+;/m0./s1. The Morgan fingerprint density at radius 1 is 1.23 bits per heavy atom. The quantitative estimate of drug-likeness (QED) is 0.420. The molecule has 1 amide bonds. The molecular weight excluding hydrogens is 485 g/mol. The van der Waals surface area contributed by atoms with E-state index in [1.165, 1.54) is 0 Å². The van der Waals surface area contributed by atoms with Gasteiger partial charge in [-0.05, 0) is 70.0 Å². The molecule has 0 aromatic carbocycles. The van der Waals surface area contributed by atoms with E-state index in [-0.39, 0.29) is 43.1 Å². The van der Waals surface area contributed by atoms with Crippen LogP contribution in [0.2, 0.25) is 0 Å². The van der Waals surface area contributed by atoms with Gasteiger partial charge in [0.05, 0.1) is 5.75 Å². The van der Waals surface area contributed by atoms with Gasteiger partial charge in [-0.1, -0.05) is 12.1 Å². The number of alkyl halides is 3. The molecule has 2 saturated heterocycles. The number of carbonyl (C=O) groups excluding carboxylic acids is 1. The molecule has 2 aliphatic heterocycles. The SMILES string of the molecule is C[C@H]1CN(S(O)(O)CC2CCN(CCCC(F)(F)F)CC2)CC[C@H]1NC(=O)c1cc(C2CC2)on1.[HH]. The maximum Gasteiger partial charge on any atom is 0.389 e. The second-order valence-electron chi connectivity index (χ2n) is 10.4. The van der Waals surface area contributed by atoms with Crippen molar-refractivity contribution in [3.05, 3.63) is 17.5 Å². The van der Waals surface area contributed by atoms with E-state index in [9.17, 15) is 27.1 Å². The zero-order valence-corrected chi connectivity index (χ0v) is 21.0. The highest BCUT2D eigenvalue weighted by molar-refractivity contribution is 8.22. The average Bonchev–Trinajstić information content (AvgIpc) is 3.51. The van der Waals surface area contributed by atoms with E-state index in [1.54, 1.807) is 10.4 Å². The number of likely N-dealkylation sites (tertiary alicyclic amines) is 1. The Balaban J connectivity index is 0.00000361. The molecule has 1 aromatic heterocycles. The van der Waals surface area contributed by atoms with Crippen LogP contribution in [0.25, 0.3) is 0 Å². The Morgan fingerprint density at radius 3 is 2.57 bits per heavy atom. The molecular formula is C23H39F3N4O4S. The first kappa shape index (κ1) is 26.7. The smallest absolute Gasteiger partial charge is 0.360 e. The zero-order valence-electron chi connectivity index (χ0n) is 20.2. The lowest BCUT2D eigenvalue weighted by atomic mass is 9.95. The van der Waals surface area contributed by atoms with Gasteiger partial charge in [0, 0.05) is 39.0 Å². The largest absolute Gasteiger partial charge is 0.389 e. The van der Waals surface area contributed by atoms with E-state index in [1.807, 2.05) is 11.8 Å². The fraction of sp³-hybridized carbons (Fsp3) is 0.826. The number of hydrogen-bond donors (Lipinski definition) is 3. The maximum atomic E-state index is 12.6. The van der Waals surface area contributed by atoms with Crippen molar-refractivity contribution in [2.24, 2.45) is 11.8 Å². The second kappa shape index (κ2) is 11.0. The summed E-state index contributed by atoms with van der Waals surface area (Å²) in [6.07, 6.45) is -0.521. The lowest BCUT2D eigenvalue weighted by Crippen LogP contribution is -2.51. The minimum atomic E-state index is -4.11. The van der Waals surface area contributed by atoms with Gasteiger partial charge in [-0.25, -0.2) is 4.31 Å². The van der Waals surface area contributed by atoms with Crippen LogP contribution in [0.3, 0.4) is 0 Å². The summed E-state index contributed by atoms with van der Waals surface area (Å²) in [6, 6.07) is 1.63. The molecule has 12 heteroatoms. The van der Waals surface area contributed by atoms with Crippen LogP contribution < -0.4 is 5.32 Å². The number of hydrogen-bond acceptors (Lipinski definition) is 7. The number of amides is 1. The number of halogens is 3. The zero-order chi connectivity index (χ0) is 25.2. The highest BCUT2D eigenvalue weighted by atomic mass is 32.3. The fourth-order valence-corrected chi connectivity index (χ4v) is 7.14. The minimum Gasteiger partial charge on any atom is -0.360 e. The van der Waals surface area contributed by atoms with Gasteiger partial charge in [0.2, 0.25) is 0 Å². The molecule has 202 valence electrons. The van der Waals surface area contributed by atoms with Gasteiger partial charge >= 0.3 is 6.18 Å². The molecule has 0 radical (unpaired) electrons. The number of nitrogens with zero attached hydrogens (tertiary/aromatic N) is 3. The summed E-state index contributed by atoms with van der Waals surface area (Å²) in [5.74, 6) is 1.34. The van der Waals surface area contributed by atoms with Crippen LogP contribution in [0.15, 0.2) is 10.6 Å². The molecule has 1 saturated carbocycles. The van der Waals surface area contributed by atoms with Crippen LogP contribution in [-0.4, -0.2) is 80.1 Å². The summed E-state index contributed by atoms with van der Waals surface area (Å²) < 4.78 is 65.9. The third-order valence-corrected chi connectivity index (χ3v) is 9.52. The van der Waals surface area contributed by atoms with E-state index in [4.69, 9.17) is 4.52 Å². The van der Waals surface area contributed by atoms with E-state index in [2.05, 4.69) is 10.5 Å². The molecule has 3 heterocycles. The predicted octanol–water partition coefficient (Wildman–Crippen LogP) is 4.96. The molecule has 1 aromatic rings. The first-order valence-corrected chi connectivity index (χ1v) is 14.2. The number of rotatable bonds is 9. The van der Waals surface area contributed by atoms with Crippen LogP contribution in [0, 0.1) is 11.8 Å². The Bertz CT molecular complexity index is 863. The van der Waals surface area contributed by atoms with Crippen LogP contribution >= 0.6 is 10.8 Å². The van der Waals surface area contributed by atoms with Crippen LogP contribution in [0.4, 0.5) is 13.2 Å². The van der Waals surface area contributed by atoms with Crippen molar-refractivity contribution >= 4 is 16.7 Å². The van der Waals surface area contributed by atoms with Crippen molar-refractivity contribution in [1.82, 2.24) is 19.7 Å². The fourth-order valence-electron chi connectivity index (χ4n) is 5.09. The summed E-state index contributed by atoms with van der Waals surface area (Å²) in [6.45, 7) is 4.73. The van der Waals surface area contributed by atoms with Crippen LogP contribution in [0.1, 0.15) is 75.5 Å². The Labute approximate surface area is 207 Å². The molecule has 0 unspecified atom stereocenters. The monoisotopic (exact) mass is 524 g/mol. The Hall–Kier alpha value is -1.34. The number of nitrogens with one attached hydrogen (secondary N) is 1. The molecule has 3 N–H and O–H groups in total. The molecule has 1 aliphatic carbocycles. The van der Waals surface area contributed by atoms with Gasteiger partial charge in [-0.3, -0.25) is 13.9 Å². The van der Waals surface area contributed by atoms with Gasteiger partial charge in [-0.2, -0.15) is 13.2 Å². The minimum absolute atomic E-state index is 0. The molecule has 0 spiro atoms. The average molecular weight is 525 g/mol. The van der Waals surface area contributed by atoms with Crippen molar-refractivity contribution in [3.8, 4) is 0 Å². The van der Waals surface area contributed by atoms with Gasteiger partial charge in [0.25, 0.3) is 5.91 Å². The third-order valence-electron chi connectivity index (χ3n) is 7.44. The van der Waals surface area contributed by atoms with Crippen molar-refractivity contribution in [3.63, 3.8) is 0 Å². The second-order valence-corrected chi connectivity index (χ2v) is 12.5. The number of aromatic nitrogens is 1. The summed E-state index contributed by atoms with van der Waals surface area (Å²) in [5.41, 5.74) is 0.288. The van der Waals surface area contributed by atoms with Crippen LogP contribution in [-0.2, 0) is 0 Å². The summed E-state index contributed by atoms with van der Waals surface area (Å²) >= 11 is 0. The molecule has 35 heavy (non-hydrogen) atoms. The lowest BCUT2D eigenvalue weighted by Gasteiger charge is -2.50. The van der Waals surface area contributed by atoms with E-state index < -0.39 is 23.4 Å². The molecule has 8 nitrogen and oxygen atoms in total. The van der Waals surface area contributed by atoms with Crippen molar-refractivity contribution in [2.45, 2.75) is 70.0 Å². The molecule has 2 atom stereocenters. The topological polar surface area (TPSA) is 102 Å². The number of piperidine rings is 2. The van der Waals surface area contributed by atoms with Crippen LogP contribution in [0.5, 0.6) is 0 Å². The first-order valence-electron chi connectivity index (χ1n) is 12.6. The Kier molecular flexibility index (Phi) is 8.36. The van der Waals surface area contributed by atoms with Gasteiger partial charge in [0.1, 0.15) is 5.76 Å². The lowest BCUT2D eigenvalue weighted by molar-refractivity contribution is -0.136. The summed E-state index contributed by atoms with van der Waals surface area (Å²) in [7, 11) is -2.95. The molecule has 4 rings (SSSR count). The van der Waals surface area contributed by atoms with Gasteiger partial charge < -0.3 is 14.7 Å². The van der Waals surface area contributed by atoms with Gasteiger partial charge in [-0.15, -0.1) is 10.8 Å². The highest BCUT2D eigenvalue weighted by Gasteiger charge is 2.36. The summed E-state index contributed by atoms with van der Waals surface area (Å²) in [5, 5.41) is 6.92. The third kappa shape index (κ3) is 7.58. The van der Waals surface area contributed by atoms with Crippen molar-refractivity contribution < 1.29 is 33.0 Å². The van der Waals surface area contributed by atoms with Crippen molar-refractivity contribution in [1.29, 1.82) is 0 Å². The molecule has 3 aliphatic rings. The normalized spacial score (nSPS) is 26.1. The Morgan fingerprint density at radius 2 is 1.94 bits per heavy atom. The first-order chi connectivity index (χ1) is 16.5. The van der Waals surface area contributed by atoms with E-state index >= 15 is 0 Å². The molecule has 0 bridgehead atoms. The van der Waals surface area contributed by atoms with Gasteiger partial charge in [0.15, 0.2) is 5.69 Å². The predicted molar refractivity (Wildman–Crippen MR) is 129 cm³/mol. The highest BCUT2D eigenvalue weighted by Crippen LogP contribution is 2.48. The van der Waals surface area contributed by atoms with E-state index in [0.29, 0.717) is 45.1 Å². The molecule has 3 fully saturated rings. The summed E-state index contributed by atoms with van der Waals surface area (Å²) in [4.78, 5) is 14.6. The van der Waals surface area contributed by atoms with E-state index in [0.717, 1.165) is 31.4 Å². The number of carbonyl (C=O) groups is 1.